The third kappa shape index (κ3) is 3.62. The fraction of sp³-hybridized carbons (Fsp3) is 0.316. The lowest BCUT2D eigenvalue weighted by molar-refractivity contribution is -0.116. The molecule has 0 saturated carbocycles. The molecule has 0 radical (unpaired) electrons. The second kappa shape index (κ2) is 7.52. The molecule has 0 unspecified atom stereocenters. The van der Waals surface area contributed by atoms with E-state index in [4.69, 9.17) is 0 Å². The lowest BCUT2D eigenvalue weighted by Crippen LogP contribution is -2.19. The number of thiophene rings is 1. The van der Waals surface area contributed by atoms with E-state index in [2.05, 4.69) is 30.2 Å². The number of imidazole rings is 1. The van der Waals surface area contributed by atoms with E-state index in [1.807, 2.05) is 42.7 Å². The average Bonchev–Trinajstić information content (AvgIpc) is 3.05. The number of fused-ring (bicyclic) bond motifs is 1. The van der Waals surface area contributed by atoms with Gasteiger partial charge >= 0.3 is 0 Å². The van der Waals surface area contributed by atoms with Gasteiger partial charge in [0.15, 0.2) is 5.16 Å². The third-order valence-corrected chi connectivity index (χ3v) is 6.13. The number of thioether (sulfide) groups is 1. The summed E-state index contributed by atoms with van der Waals surface area (Å²) in [5.74, 6) is -0.156. The maximum atomic E-state index is 12.7. The molecule has 1 N–H and O–H groups in total. The summed E-state index contributed by atoms with van der Waals surface area (Å²) >= 11 is 3.08. The topological polar surface area (TPSA) is 70.7 Å². The van der Waals surface area contributed by atoms with Gasteiger partial charge in [0.2, 0.25) is 5.91 Å². The van der Waals surface area contributed by atoms with Crippen LogP contribution in [-0.4, -0.2) is 20.7 Å². The van der Waals surface area contributed by atoms with Crippen molar-refractivity contribution in [1.82, 2.24) is 9.55 Å². The molecule has 0 atom stereocenters. The Morgan fingerprint density at radius 3 is 2.81 bits per heavy atom. The number of nitrogens with one attached hydrogen (secondary N) is 1. The van der Waals surface area contributed by atoms with Crippen LogP contribution in [0.1, 0.15) is 29.9 Å². The number of amides is 1. The van der Waals surface area contributed by atoms with E-state index in [0.717, 1.165) is 26.6 Å². The number of para-hydroxylation sites is 2. The van der Waals surface area contributed by atoms with Gasteiger partial charge in [0.05, 0.1) is 16.6 Å². The van der Waals surface area contributed by atoms with E-state index in [1.54, 1.807) is 11.8 Å². The molecule has 2 aromatic heterocycles. The van der Waals surface area contributed by atoms with Crippen molar-refractivity contribution in [3.63, 3.8) is 0 Å². The van der Waals surface area contributed by atoms with E-state index in [1.165, 1.54) is 11.3 Å². The zero-order valence-corrected chi connectivity index (χ0v) is 16.8. The number of carbonyl (C=O) groups is 1. The summed E-state index contributed by atoms with van der Waals surface area (Å²) in [6.07, 6.45) is 0. The normalized spacial score (nSPS) is 11.1. The molecule has 0 spiro atoms. The molecule has 5 nitrogen and oxygen atoms in total. The summed E-state index contributed by atoms with van der Waals surface area (Å²) in [4.78, 5) is 18.4. The van der Waals surface area contributed by atoms with Crippen LogP contribution in [0.3, 0.4) is 0 Å². The SMILES string of the molecule is Cc1sc(NC(=O)Cn2c(SC(C)C)nc3ccccc32)c(C#N)c1C. The highest BCUT2D eigenvalue weighted by atomic mass is 32.2. The highest BCUT2D eigenvalue weighted by Gasteiger charge is 2.18. The Kier molecular flexibility index (Phi) is 5.35. The van der Waals surface area contributed by atoms with Gasteiger partial charge in [-0.25, -0.2) is 4.98 Å². The highest BCUT2D eigenvalue weighted by Crippen LogP contribution is 2.32. The molecule has 1 amide bonds. The molecule has 3 rings (SSSR count). The largest absolute Gasteiger partial charge is 0.315 e. The van der Waals surface area contributed by atoms with Gasteiger partial charge in [-0.2, -0.15) is 5.26 Å². The van der Waals surface area contributed by atoms with Crippen molar-refractivity contribution < 1.29 is 4.79 Å². The van der Waals surface area contributed by atoms with Crippen molar-refractivity contribution in [3.8, 4) is 6.07 Å². The maximum Gasteiger partial charge on any atom is 0.245 e. The molecule has 7 heteroatoms. The summed E-state index contributed by atoms with van der Waals surface area (Å²) in [6, 6.07) is 10.0. The standard InChI is InChI=1S/C19H20N4OS2/c1-11(2)25-19-21-15-7-5-6-8-16(15)23(19)10-17(24)22-18-14(9-20)12(3)13(4)26-18/h5-8,11H,10H2,1-4H3,(H,22,24). The fourth-order valence-electron chi connectivity index (χ4n) is 2.67. The van der Waals surface area contributed by atoms with Crippen molar-refractivity contribution >= 4 is 45.0 Å². The molecule has 0 aliphatic rings. The Hall–Kier alpha value is -2.30. The van der Waals surface area contributed by atoms with E-state index in [-0.39, 0.29) is 12.5 Å². The van der Waals surface area contributed by atoms with Crippen molar-refractivity contribution in [3.05, 3.63) is 40.3 Å². The molecule has 134 valence electrons. The van der Waals surface area contributed by atoms with Crippen molar-refractivity contribution in [1.29, 1.82) is 5.26 Å². The van der Waals surface area contributed by atoms with E-state index in [0.29, 0.717) is 15.8 Å². The maximum absolute atomic E-state index is 12.7. The zero-order valence-electron chi connectivity index (χ0n) is 15.2. The Morgan fingerprint density at radius 1 is 1.38 bits per heavy atom. The summed E-state index contributed by atoms with van der Waals surface area (Å²) in [6.45, 7) is 8.23. The Bertz CT molecular complexity index is 1010. The number of aromatic nitrogens is 2. The summed E-state index contributed by atoms with van der Waals surface area (Å²) in [7, 11) is 0. The van der Waals surface area contributed by atoms with E-state index >= 15 is 0 Å². The minimum atomic E-state index is -0.156. The lowest BCUT2D eigenvalue weighted by atomic mass is 10.2. The summed E-state index contributed by atoms with van der Waals surface area (Å²) < 4.78 is 1.94. The second-order valence-electron chi connectivity index (χ2n) is 6.28. The molecule has 0 bridgehead atoms. The predicted molar refractivity (Wildman–Crippen MR) is 108 cm³/mol. The number of nitrogens with zero attached hydrogens (tertiary/aromatic N) is 3. The van der Waals surface area contributed by atoms with Gasteiger partial charge in [0.1, 0.15) is 17.6 Å². The fourth-order valence-corrected chi connectivity index (χ4v) is 4.56. The number of nitriles is 1. The third-order valence-electron chi connectivity index (χ3n) is 4.01. The van der Waals surface area contributed by atoms with Crippen LogP contribution in [0.5, 0.6) is 0 Å². The van der Waals surface area contributed by atoms with Gasteiger partial charge in [-0.1, -0.05) is 37.7 Å². The van der Waals surface area contributed by atoms with Crippen LogP contribution in [0.4, 0.5) is 5.00 Å². The minimum Gasteiger partial charge on any atom is -0.315 e. The van der Waals surface area contributed by atoms with Crippen LogP contribution in [-0.2, 0) is 11.3 Å². The molecule has 0 saturated heterocycles. The molecular formula is C19H20N4OS2. The minimum absolute atomic E-state index is 0.156. The van der Waals surface area contributed by atoms with Gasteiger partial charge in [-0.15, -0.1) is 11.3 Å². The number of hydrogen-bond acceptors (Lipinski definition) is 5. The van der Waals surface area contributed by atoms with Crippen LogP contribution in [0.2, 0.25) is 0 Å². The van der Waals surface area contributed by atoms with Gasteiger partial charge < -0.3 is 9.88 Å². The summed E-state index contributed by atoms with van der Waals surface area (Å²) in [5, 5.41) is 14.1. The Labute approximate surface area is 161 Å². The highest BCUT2D eigenvalue weighted by molar-refractivity contribution is 7.99. The number of carbonyl (C=O) groups excluding carboxylic acids is 1. The summed E-state index contributed by atoms with van der Waals surface area (Å²) in [5.41, 5.74) is 3.29. The lowest BCUT2D eigenvalue weighted by Gasteiger charge is -2.10. The van der Waals surface area contributed by atoms with E-state index in [9.17, 15) is 10.1 Å². The van der Waals surface area contributed by atoms with Gasteiger partial charge in [-0.3, -0.25) is 4.79 Å². The molecular weight excluding hydrogens is 364 g/mol. The average molecular weight is 385 g/mol. The van der Waals surface area contributed by atoms with Crippen LogP contribution < -0.4 is 5.32 Å². The van der Waals surface area contributed by atoms with Gasteiger partial charge in [0.25, 0.3) is 0 Å². The first-order chi connectivity index (χ1) is 12.4. The Balaban J connectivity index is 1.90. The first-order valence-corrected chi connectivity index (χ1v) is 10.0. The van der Waals surface area contributed by atoms with E-state index < -0.39 is 0 Å². The molecule has 0 aliphatic heterocycles. The molecule has 0 aliphatic carbocycles. The van der Waals surface area contributed by atoms with Crippen LogP contribution in [0.25, 0.3) is 11.0 Å². The molecule has 26 heavy (non-hydrogen) atoms. The molecule has 0 fully saturated rings. The van der Waals surface area contributed by atoms with Crippen molar-refractivity contribution in [2.24, 2.45) is 0 Å². The first kappa shape index (κ1) is 18.5. The Morgan fingerprint density at radius 2 is 2.12 bits per heavy atom. The monoisotopic (exact) mass is 384 g/mol. The number of rotatable bonds is 5. The number of hydrogen-bond donors (Lipinski definition) is 1. The molecule has 2 heterocycles. The van der Waals surface area contributed by atoms with Crippen LogP contribution >= 0.6 is 23.1 Å². The number of aryl methyl sites for hydroxylation is 1. The number of anilines is 1. The van der Waals surface area contributed by atoms with Crippen LogP contribution in [0.15, 0.2) is 29.4 Å². The van der Waals surface area contributed by atoms with Gasteiger partial charge in [0, 0.05) is 10.1 Å². The predicted octanol–water partition coefficient (Wildman–Crippen LogP) is 4.73. The molecule has 1 aromatic carbocycles. The zero-order chi connectivity index (χ0) is 18.8. The van der Waals surface area contributed by atoms with Gasteiger partial charge in [-0.05, 0) is 31.5 Å². The van der Waals surface area contributed by atoms with Crippen molar-refractivity contribution in [2.45, 2.75) is 44.6 Å². The first-order valence-electron chi connectivity index (χ1n) is 8.32. The smallest absolute Gasteiger partial charge is 0.245 e. The second-order valence-corrected chi connectivity index (χ2v) is 9.05. The van der Waals surface area contributed by atoms with Crippen molar-refractivity contribution in [2.75, 3.05) is 5.32 Å². The molecule has 3 aromatic rings. The van der Waals surface area contributed by atoms with Crippen LogP contribution in [0, 0.1) is 25.2 Å². The number of benzene rings is 1. The quantitative estimate of drug-likeness (QED) is 0.646.